The normalized spacial score (nSPS) is 23.1. The van der Waals surface area contributed by atoms with Crippen molar-refractivity contribution < 1.29 is 9.59 Å². The molecule has 0 aromatic heterocycles. The monoisotopic (exact) mass is 382 g/mol. The van der Waals surface area contributed by atoms with Gasteiger partial charge in [0, 0.05) is 32.5 Å². The number of carbonyl (C=O) groups is 2. The molecule has 4 rings (SSSR count). The molecule has 1 N–H and O–H groups in total. The molecule has 2 aliphatic carbocycles. The number of piperidine rings is 1. The number of benzene rings is 1. The molecule has 0 radical (unpaired) electrons. The Morgan fingerprint density at radius 1 is 1.18 bits per heavy atom. The summed E-state index contributed by atoms with van der Waals surface area (Å²) in [6, 6.07) is 8.73. The SMILES string of the molecule is CC(C)CC(=O)N1CCC2(CC1)C[C@@H](CC(=O)NCC1CC1)c1ccccc12. The summed E-state index contributed by atoms with van der Waals surface area (Å²) in [7, 11) is 0. The highest BCUT2D eigenvalue weighted by atomic mass is 16.2. The van der Waals surface area contributed by atoms with Crippen LogP contribution in [0.1, 0.15) is 75.8 Å². The minimum atomic E-state index is 0.145. The second-order valence-corrected chi connectivity index (χ2v) is 9.70. The number of carbonyl (C=O) groups excluding carboxylic acids is 2. The summed E-state index contributed by atoms with van der Waals surface area (Å²) < 4.78 is 0. The predicted octanol–water partition coefficient (Wildman–Crippen LogP) is 4.00. The van der Waals surface area contributed by atoms with Crippen LogP contribution in [0.2, 0.25) is 0 Å². The van der Waals surface area contributed by atoms with Crippen molar-refractivity contribution in [2.75, 3.05) is 19.6 Å². The fraction of sp³-hybridized carbons (Fsp3) is 0.667. The third-order valence-electron chi connectivity index (χ3n) is 6.98. The van der Waals surface area contributed by atoms with E-state index in [0.29, 0.717) is 30.6 Å². The van der Waals surface area contributed by atoms with Gasteiger partial charge in [-0.2, -0.15) is 0 Å². The average Bonchev–Trinajstić information content (AvgIpc) is 3.46. The highest BCUT2D eigenvalue weighted by Crippen LogP contribution is 2.52. The van der Waals surface area contributed by atoms with E-state index < -0.39 is 0 Å². The number of fused-ring (bicyclic) bond motifs is 2. The third-order valence-corrected chi connectivity index (χ3v) is 6.98. The molecule has 0 bridgehead atoms. The first-order chi connectivity index (χ1) is 13.5. The lowest BCUT2D eigenvalue weighted by Crippen LogP contribution is -2.44. The smallest absolute Gasteiger partial charge is 0.222 e. The van der Waals surface area contributed by atoms with E-state index in [4.69, 9.17) is 0 Å². The lowest BCUT2D eigenvalue weighted by Gasteiger charge is -2.40. The molecule has 2 amide bonds. The number of rotatable bonds is 6. The van der Waals surface area contributed by atoms with Gasteiger partial charge in [-0.05, 0) is 66.4 Å². The highest BCUT2D eigenvalue weighted by Gasteiger charge is 2.46. The Hall–Kier alpha value is -1.84. The molecule has 2 fully saturated rings. The summed E-state index contributed by atoms with van der Waals surface area (Å²) in [5.41, 5.74) is 2.95. The molecule has 1 saturated carbocycles. The Morgan fingerprint density at radius 3 is 2.57 bits per heavy atom. The van der Waals surface area contributed by atoms with E-state index in [-0.39, 0.29) is 11.3 Å². The molecule has 1 heterocycles. The molecule has 0 unspecified atom stereocenters. The number of hydrogen-bond acceptors (Lipinski definition) is 2. The standard InChI is InChI=1S/C24H34N2O2/c1-17(2)13-23(28)26-11-9-24(10-12-26)15-19(20-5-3-4-6-21(20)24)14-22(27)25-16-18-7-8-18/h3-6,17-19H,7-16H2,1-2H3,(H,25,27)/t19-/m1/s1. The fourth-order valence-electron chi connectivity index (χ4n) is 5.22. The predicted molar refractivity (Wildman–Crippen MR) is 111 cm³/mol. The van der Waals surface area contributed by atoms with Gasteiger partial charge in [0.2, 0.25) is 11.8 Å². The molecular weight excluding hydrogens is 348 g/mol. The van der Waals surface area contributed by atoms with Crippen LogP contribution in [0.4, 0.5) is 0 Å². The van der Waals surface area contributed by atoms with Crippen molar-refractivity contribution >= 4 is 11.8 Å². The second kappa shape index (κ2) is 7.88. The molecule has 3 aliphatic rings. The zero-order chi connectivity index (χ0) is 19.7. The van der Waals surface area contributed by atoms with Crippen LogP contribution in [-0.4, -0.2) is 36.3 Å². The highest BCUT2D eigenvalue weighted by molar-refractivity contribution is 5.78. The summed E-state index contributed by atoms with van der Waals surface area (Å²) in [5.74, 6) is 1.95. The molecule has 1 atom stereocenters. The van der Waals surface area contributed by atoms with E-state index in [1.165, 1.54) is 24.0 Å². The largest absolute Gasteiger partial charge is 0.356 e. The Kier molecular flexibility index (Phi) is 5.48. The molecule has 4 heteroatoms. The minimum Gasteiger partial charge on any atom is -0.356 e. The van der Waals surface area contributed by atoms with Crippen molar-refractivity contribution in [3.8, 4) is 0 Å². The van der Waals surface area contributed by atoms with Gasteiger partial charge in [0.15, 0.2) is 0 Å². The number of likely N-dealkylation sites (tertiary alicyclic amines) is 1. The van der Waals surface area contributed by atoms with E-state index in [2.05, 4.69) is 48.3 Å². The van der Waals surface area contributed by atoms with Crippen molar-refractivity contribution in [1.29, 1.82) is 0 Å². The lowest BCUT2D eigenvalue weighted by atomic mass is 9.73. The Morgan fingerprint density at radius 2 is 1.89 bits per heavy atom. The van der Waals surface area contributed by atoms with Crippen LogP contribution in [0.3, 0.4) is 0 Å². The first-order valence-electron chi connectivity index (χ1n) is 11.1. The van der Waals surface area contributed by atoms with Gasteiger partial charge in [0.1, 0.15) is 0 Å². The van der Waals surface area contributed by atoms with Crippen LogP contribution in [0.15, 0.2) is 24.3 Å². The van der Waals surface area contributed by atoms with Gasteiger partial charge < -0.3 is 10.2 Å². The Bertz CT molecular complexity index is 730. The van der Waals surface area contributed by atoms with E-state index >= 15 is 0 Å². The van der Waals surface area contributed by atoms with Gasteiger partial charge in [-0.25, -0.2) is 0 Å². The maximum absolute atomic E-state index is 12.5. The Labute approximate surface area is 169 Å². The van der Waals surface area contributed by atoms with E-state index in [0.717, 1.165) is 44.8 Å². The van der Waals surface area contributed by atoms with Gasteiger partial charge in [-0.15, -0.1) is 0 Å². The number of nitrogens with zero attached hydrogens (tertiary/aromatic N) is 1. The lowest BCUT2D eigenvalue weighted by molar-refractivity contribution is -0.133. The number of hydrogen-bond donors (Lipinski definition) is 1. The van der Waals surface area contributed by atoms with Crippen LogP contribution in [0.25, 0.3) is 0 Å². The summed E-state index contributed by atoms with van der Waals surface area (Å²) in [6.45, 7) is 6.76. The first-order valence-corrected chi connectivity index (χ1v) is 11.1. The molecule has 1 aliphatic heterocycles. The third kappa shape index (κ3) is 4.11. The topological polar surface area (TPSA) is 49.4 Å². The molecule has 152 valence electrons. The van der Waals surface area contributed by atoms with E-state index in [1.54, 1.807) is 0 Å². The van der Waals surface area contributed by atoms with Crippen molar-refractivity contribution in [2.24, 2.45) is 11.8 Å². The molecular formula is C24H34N2O2. The van der Waals surface area contributed by atoms with Gasteiger partial charge in [0.25, 0.3) is 0 Å². The quantitative estimate of drug-likeness (QED) is 0.808. The average molecular weight is 383 g/mol. The number of nitrogens with one attached hydrogen (secondary N) is 1. The number of amides is 2. The molecule has 1 aromatic rings. The van der Waals surface area contributed by atoms with Gasteiger partial charge in [0.05, 0.1) is 0 Å². The summed E-state index contributed by atoms with van der Waals surface area (Å²) >= 11 is 0. The van der Waals surface area contributed by atoms with E-state index in [9.17, 15) is 9.59 Å². The molecule has 1 aromatic carbocycles. The maximum Gasteiger partial charge on any atom is 0.222 e. The maximum atomic E-state index is 12.5. The Balaban J connectivity index is 1.42. The molecule has 28 heavy (non-hydrogen) atoms. The van der Waals surface area contributed by atoms with Gasteiger partial charge in [-0.1, -0.05) is 38.1 Å². The van der Waals surface area contributed by atoms with Crippen LogP contribution in [0.5, 0.6) is 0 Å². The fourth-order valence-corrected chi connectivity index (χ4v) is 5.22. The molecule has 1 spiro atoms. The summed E-state index contributed by atoms with van der Waals surface area (Å²) in [5, 5.41) is 3.14. The van der Waals surface area contributed by atoms with Crippen molar-refractivity contribution in [1.82, 2.24) is 10.2 Å². The van der Waals surface area contributed by atoms with E-state index in [1.807, 2.05) is 0 Å². The zero-order valence-corrected chi connectivity index (χ0v) is 17.4. The minimum absolute atomic E-state index is 0.145. The van der Waals surface area contributed by atoms with Crippen molar-refractivity contribution in [3.63, 3.8) is 0 Å². The van der Waals surface area contributed by atoms with Gasteiger partial charge >= 0.3 is 0 Å². The summed E-state index contributed by atoms with van der Waals surface area (Å²) in [4.78, 5) is 27.0. The van der Waals surface area contributed by atoms with Crippen LogP contribution in [0, 0.1) is 11.8 Å². The van der Waals surface area contributed by atoms with Crippen LogP contribution < -0.4 is 5.32 Å². The van der Waals surface area contributed by atoms with Crippen LogP contribution in [-0.2, 0) is 15.0 Å². The molecule has 1 saturated heterocycles. The summed E-state index contributed by atoms with van der Waals surface area (Å²) in [6.07, 6.45) is 6.87. The zero-order valence-electron chi connectivity index (χ0n) is 17.4. The van der Waals surface area contributed by atoms with Gasteiger partial charge in [-0.3, -0.25) is 9.59 Å². The van der Waals surface area contributed by atoms with Crippen LogP contribution >= 0.6 is 0 Å². The van der Waals surface area contributed by atoms with Crippen molar-refractivity contribution in [3.05, 3.63) is 35.4 Å². The second-order valence-electron chi connectivity index (χ2n) is 9.70. The van der Waals surface area contributed by atoms with Crippen molar-refractivity contribution in [2.45, 2.75) is 70.1 Å². The molecule has 4 nitrogen and oxygen atoms in total. The first kappa shape index (κ1) is 19.5.